The van der Waals surface area contributed by atoms with Crippen molar-refractivity contribution in [1.82, 2.24) is 0 Å². The minimum Gasteiger partial charge on any atom is -0.496 e. The van der Waals surface area contributed by atoms with E-state index < -0.39 is 0 Å². The Labute approximate surface area is 93.0 Å². The first-order valence-electron chi connectivity index (χ1n) is 3.74. The van der Waals surface area contributed by atoms with Gasteiger partial charge in [-0.2, -0.15) is 0 Å². The molecule has 0 amide bonds. The number of halogens is 2. The van der Waals surface area contributed by atoms with E-state index in [1.54, 1.807) is 7.11 Å². The molecule has 0 saturated heterocycles. The smallest absolute Gasteiger partial charge is 0.133 e. The standard InChI is InChI=1S/C9H12BrNO.ClH/c1-6(11)7-3-4-8(10)9(5-7)12-2;/h3-6H,11H2,1-2H3;1H. The van der Waals surface area contributed by atoms with Crippen LogP contribution in [0.2, 0.25) is 0 Å². The quantitative estimate of drug-likeness (QED) is 0.893. The first-order chi connectivity index (χ1) is 5.65. The Balaban J connectivity index is 0.00000144. The maximum Gasteiger partial charge on any atom is 0.133 e. The van der Waals surface area contributed by atoms with Crippen LogP contribution in [0.1, 0.15) is 18.5 Å². The fraction of sp³-hybridized carbons (Fsp3) is 0.333. The first-order valence-corrected chi connectivity index (χ1v) is 4.53. The summed E-state index contributed by atoms with van der Waals surface area (Å²) in [5, 5.41) is 0. The molecule has 13 heavy (non-hydrogen) atoms. The molecule has 0 spiro atoms. The van der Waals surface area contributed by atoms with E-state index in [9.17, 15) is 0 Å². The average Bonchev–Trinajstić information content (AvgIpc) is 2.05. The Hall–Kier alpha value is -0.250. The molecule has 2 N–H and O–H groups in total. The molecule has 1 aromatic rings. The van der Waals surface area contributed by atoms with Gasteiger partial charge in [0.15, 0.2) is 0 Å². The van der Waals surface area contributed by atoms with Crippen LogP contribution in [0, 0.1) is 0 Å². The monoisotopic (exact) mass is 265 g/mol. The third-order valence-corrected chi connectivity index (χ3v) is 2.36. The van der Waals surface area contributed by atoms with Crippen molar-refractivity contribution in [3.8, 4) is 5.75 Å². The zero-order chi connectivity index (χ0) is 9.14. The zero-order valence-corrected chi connectivity index (χ0v) is 9.98. The van der Waals surface area contributed by atoms with Gasteiger partial charge >= 0.3 is 0 Å². The molecule has 0 fully saturated rings. The SMILES string of the molecule is COc1cc(C(C)N)ccc1Br.Cl. The predicted molar refractivity (Wildman–Crippen MR) is 60.5 cm³/mol. The lowest BCUT2D eigenvalue weighted by Crippen LogP contribution is -2.04. The van der Waals surface area contributed by atoms with Gasteiger partial charge in [0, 0.05) is 6.04 Å². The predicted octanol–water partition coefficient (Wildman–Crippen LogP) is 2.90. The van der Waals surface area contributed by atoms with E-state index >= 15 is 0 Å². The number of rotatable bonds is 2. The third-order valence-electron chi connectivity index (χ3n) is 1.70. The summed E-state index contributed by atoms with van der Waals surface area (Å²) in [6.07, 6.45) is 0. The van der Waals surface area contributed by atoms with Crippen LogP contribution < -0.4 is 10.5 Å². The summed E-state index contributed by atoms with van der Waals surface area (Å²) in [6.45, 7) is 1.95. The van der Waals surface area contributed by atoms with Crippen LogP contribution in [-0.2, 0) is 0 Å². The van der Waals surface area contributed by atoms with Crippen molar-refractivity contribution < 1.29 is 4.74 Å². The van der Waals surface area contributed by atoms with E-state index in [4.69, 9.17) is 10.5 Å². The minimum atomic E-state index is 0. The second-order valence-electron chi connectivity index (χ2n) is 2.68. The molecule has 0 heterocycles. The summed E-state index contributed by atoms with van der Waals surface area (Å²) >= 11 is 3.37. The van der Waals surface area contributed by atoms with E-state index in [-0.39, 0.29) is 18.4 Å². The molecule has 1 rings (SSSR count). The van der Waals surface area contributed by atoms with Crippen molar-refractivity contribution in [2.24, 2.45) is 5.73 Å². The van der Waals surface area contributed by atoms with Crippen LogP contribution in [0.3, 0.4) is 0 Å². The number of ether oxygens (including phenoxy) is 1. The van der Waals surface area contributed by atoms with Crippen LogP contribution in [0.15, 0.2) is 22.7 Å². The number of nitrogens with two attached hydrogens (primary N) is 1. The normalized spacial score (nSPS) is 11.7. The van der Waals surface area contributed by atoms with Crippen molar-refractivity contribution in [1.29, 1.82) is 0 Å². The summed E-state index contributed by atoms with van der Waals surface area (Å²) in [5.41, 5.74) is 6.80. The van der Waals surface area contributed by atoms with Crippen LogP contribution in [0.4, 0.5) is 0 Å². The maximum absolute atomic E-state index is 5.72. The first kappa shape index (κ1) is 12.8. The Bertz CT molecular complexity index is 278. The Kier molecular flexibility index (Phi) is 5.37. The summed E-state index contributed by atoms with van der Waals surface area (Å²) in [6, 6.07) is 5.91. The molecular weight excluding hydrogens is 253 g/mol. The number of methoxy groups -OCH3 is 1. The van der Waals surface area contributed by atoms with Gasteiger partial charge in [-0.3, -0.25) is 0 Å². The molecule has 1 aromatic carbocycles. The van der Waals surface area contributed by atoms with Gasteiger partial charge in [-0.05, 0) is 40.5 Å². The molecule has 0 radical (unpaired) electrons. The van der Waals surface area contributed by atoms with Gasteiger partial charge < -0.3 is 10.5 Å². The van der Waals surface area contributed by atoms with E-state index in [0.717, 1.165) is 15.8 Å². The third kappa shape index (κ3) is 3.18. The molecule has 0 saturated carbocycles. The molecule has 0 aliphatic rings. The van der Waals surface area contributed by atoms with Gasteiger partial charge in [0.2, 0.25) is 0 Å². The number of hydrogen-bond donors (Lipinski definition) is 1. The minimum absolute atomic E-state index is 0. The van der Waals surface area contributed by atoms with Crippen LogP contribution in [-0.4, -0.2) is 7.11 Å². The summed E-state index contributed by atoms with van der Waals surface area (Å²) < 4.78 is 6.09. The van der Waals surface area contributed by atoms with Gasteiger partial charge in [0.25, 0.3) is 0 Å². The van der Waals surface area contributed by atoms with Crippen LogP contribution in [0.25, 0.3) is 0 Å². The van der Waals surface area contributed by atoms with Crippen LogP contribution in [0.5, 0.6) is 5.75 Å². The fourth-order valence-corrected chi connectivity index (χ4v) is 1.37. The molecule has 2 nitrogen and oxygen atoms in total. The average molecular weight is 267 g/mol. The molecule has 1 atom stereocenters. The highest BCUT2D eigenvalue weighted by Crippen LogP contribution is 2.27. The van der Waals surface area contributed by atoms with Gasteiger partial charge in [-0.15, -0.1) is 12.4 Å². The molecule has 0 bridgehead atoms. The highest BCUT2D eigenvalue weighted by Gasteiger charge is 2.03. The van der Waals surface area contributed by atoms with Crippen molar-refractivity contribution >= 4 is 28.3 Å². The lowest BCUT2D eigenvalue weighted by Gasteiger charge is -2.08. The van der Waals surface area contributed by atoms with Crippen LogP contribution >= 0.6 is 28.3 Å². The van der Waals surface area contributed by atoms with Crippen molar-refractivity contribution in [3.05, 3.63) is 28.2 Å². The van der Waals surface area contributed by atoms with Crippen molar-refractivity contribution in [2.45, 2.75) is 13.0 Å². The van der Waals surface area contributed by atoms with Gasteiger partial charge in [0.1, 0.15) is 5.75 Å². The van der Waals surface area contributed by atoms with E-state index in [0.29, 0.717) is 0 Å². The fourth-order valence-electron chi connectivity index (χ4n) is 0.960. The van der Waals surface area contributed by atoms with Gasteiger partial charge in [0.05, 0.1) is 11.6 Å². The van der Waals surface area contributed by atoms with E-state index in [1.807, 2.05) is 25.1 Å². The summed E-state index contributed by atoms with van der Waals surface area (Å²) in [5.74, 6) is 0.824. The number of hydrogen-bond acceptors (Lipinski definition) is 2. The van der Waals surface area contributed by atoms with E-state index in [1.165, 1.54) is 0 Å². The lowest BCUT2D eigenvalue weighted by atomic mass is 10.1. The van der Waals surface area contributed by atoms with Crippen molar-refractivity contribution in [3.63, 3.8) is 0 Å². The molecule has 74 valence electrons. The largest absolute Gasteiger partial charge is 0.496 e. The second-order valence-corrected chi connectivity index (χ2v) is 3.54. The number of benzene rings is 1. The topological polar surface area (TPSA) is 35.2 Å². The highest BCUT2D eigenvalue weighted by molar-refractivity contribution is 9.10. The highest BCUT2D eigenvalue weighted by atomic mass is 79.9. The van der Waals surface area contributed by atoms with Gasteiger partial charge in [-0.1, -0.05) is 6.07 Å². The Morgan fingerprint density at radius 3 is 2.54 bits per heavy atom. The zero-order valence-electron chi connectivity index (χ0n) is 7.58. The second kappa shape index (κ2) is 5.47. The molecule has 0 aliphatic heterocycles. The van der Waals surface area contributed by atoms with Crippen molar-refractivity contribution in [2.75, 3.05) is 7.11 Å². The molecule has 0 aliphatic carbocycles. The molecular formula is C9H13BrClNO. The molecule has 1 unspecified atom stereocenters. The summed E-state index contributed by atoms with van der Waals surface area (Å²) in [4.78, 5) is 0. The molecule has 4 heteroatoms. The maximum atomic E-state index is 5.72. The Morgan fingerprint density at radius 2 is 2.08 bits per heavy atom. The Morgan fingerprint density at radius 1 is 1.46 bits per heavy atom. The van der Waals surface area contributed by atoms with E-state index in [2.05, 4.69) is 15.9 Å². The van der Waals surface area contributed by atoms with Gasteiger partial charge in [-0.25, -0.2) is 0 Å². The lowest BCUT2D eigenvalue weighted by molar-refractivity contribution is 0.411. The summed E-state index contributed by atoms with van der Waals surface area (Å²) in [7, 11) is 1.64. The molecule has 0 aromatic heterocycles.